The lowest BCUT2D eigenvalue weighted by molar-refractivity contribution is -0.164. The fourth-order valence-corrected chi connectivity index (χ4v) is 1.15. The molecule has 1 fully saturated rings. The van der Waals surface area contributed by atoms with Gasteiger partial charge < -0.3 is 9.47 Å². The first-order valence-electron chi connectivity index (χ1n) is 4.23. The van der Waals surface area contributed by atoms with Crippen LogP contribution in [0.25, 0.3) is 0 Å². The van der Waals surface area contributed by atoms with Gasteiger partial charge in [0.25, 0.3) is 0 Å². The fraction of sp³-hybridized carbons (Fsp3) is 1.00. The maximum absolute atomic E-state index is 5.73. The maximum atomic E-state index is 5.73. The van der Waals surface area contributed by atoms with Gasteiger partial charge >= 0.3 is 0 Å². The van der Waals surface area contributed by atoms with Gasteiger partial charge in [-0.2, -0.15) is 0 Å². The lowest BCUT2D eigenvalue weighted by Gasteiger charge is -2.36. The van der Waals surface area contributed by atoms with Gasteiger partial charge in [0.05, 0.1) is 25.4 Å². The quantitative estimate of drug-likeness (QED) is 0.535. The molecular weight excluding hydrogens is 140 g/mol. The molecule has 0 N–H and O–H groups in total. The molecule has 1 saturated heterocycles. The average molecular weight is 158 g/mol. The first-order valence-corrected chi connectivity index (χ1v) is 4.23. The van der Waals surface area contributed by atoms with Crippen molar-refractivity contribution < 1.29 is 9.47 Å². The molecule has 2 atom stereocenters. The number of ether oxygens (including phenoxy) is 2. The van der Waals surface area contributed by atoms with E-state index < -0.39 is 0 Å². The SMILES string of the molecule is CC1COCC(C(C)(C)C)O1. The van der Waals surface area contributed by atoms with Gasteiger partial charge in [0.15, 0.2) is 0 Å². The minimum Gasteiger partial charge on any atom is -0.376 e. The van der Waals surface area contributed by atoms with Crippen molar-refractivity contribution in [2.45, 2.75) is 39.9 Å². The van der Waals surface area contributed by atoms with Gasteiger partial charge in [-0.1, -0.05) is 20.8 Å². The first-order chi connectivity index (χ1) is 5.00. The van der Waals surface area contributed by atoms with Gasteiger partial charge in [-0.05, 0) is 12.3 Å². The molecule has 0 radical (unpaired) electrons. The lowest BCUT2D eigenvalue weighted by Crippen LogP contribution is -2.42. The van der Waals surface area contributed by atoms with Gasteiger partial charge in [-0.3, -0.25) is 0 Å². The second kappa shape index (κ2) is 3.11. The Morgan fingerprint density at radius 1 is 1.18 bits per heavy atom. The van der Waals surface area contributed by atoms with E-state index in [-0.39, 0.29) is 17.6 Å². The number of hydrogen-bond acceptors (Lipinski definition) is 2. The van der Waals surface area contributed by atoms with Crippen LogP contribution in [-0.2, 0) is 9.47 Å². The van der Waals surface area contributed by atoms with Crippen molar-refractivity contribution in [3.8, 4) is 0 Å². The molecule has 0 saturated carbocycles. The molecule has 1 rings (SSSR count). The summed E-state index contributed by atoms with van der Waals surface area (Å²) in [7, 11) is 0. The van der Waals surface area contributed by atoms with E-state index in [1.165, 1.54) is 0 Å². The van der Waals surface area contributed by atoms with Crippen LogP contribution in [0.2, 0.25) is 0 Å². The van der Waals surface area contributed by atoms with Crippen LogP contribution in [0.5, 0.6) is 0 Å². The molecule has 2 unspecified atom stereocenters. The molecule has 1 heterocycles. The van der Waals surface area contributed by atoms with E-state index in [0.717, 1.165) is 13.2 Å². The van der Waals surface area contributed by atoms with Crippen LogP contribution in [0.3, 0.4) is 0 Å². The van der Waals surface area contributed by atoms with Crippen LogP contribution < -0.4 is 0 Å². The number of rotatable bonds is 0. The van der Waals surface area contributed by atoms with E-state index in [4.69, 9.17) is 9.47 Å². The van der Waals surface area contributed by atoms with Crippen LogP contribution in [0.4, 0.5) is 0 Å². The second-order valence-corrected chi connectivity index (χ2v) is 4.34. The maximum Gasteiger partial charge on any atom is 0.0861 e. The van der Waals surface area contributed by atoms with E-state index in [2.05, 4.69) is 27.7 Å². The van der Waals surface area contributed by atoms with Crippen molar-refractivity contribution in [2.75, 3.05) is 13.2 Å². The Balaban J connectivity index is 2.46. The fourth-order valence-electron chi connectivity index (χ4n) is 1.15. The van der Waals surface area contributed by atoms with Crippen molar-refractivity contribution in [2.24, 2.45) is 5.41 Å². The molecule has 1 aliphatic rings. The zero-order chi connectivity index (χ0) is 8.48. The molecule has 0 aliphatic carbocycles. The topological polar surface area (TPSA) is 18.5 Å². The molecule has 0 aromatic rings. The third-order valence-corrected chi connectivity index (χ3v) is 1.98. The summed E-state index contributed by atoms with van der Waals surface area (Å²) in [6.07, 6.45) is 0.513. The van der Waals surface area contributed by atoms with Crippen molar-refractivity contribution in [1.82, 2.24) is 0 Å². The van der Waals surface area contributed by atoms with Crippen molar-refractivity contribution in [3.05, 3.63) is 0 Å². The Hall–Kier alpha value is -0.0800. The second-order valence-electron chi connectivity index (χ2n) is 4.34. The Morgan fingerprint density at radius 3 is 2.18 bits per heavy atom. The monoisotopic (exact) mass is 158 g/mol. The van der Waals surface area contributed by atoms with E-state index in [0.29, 0.717) is 0 Å². The molecule has 0 spiro atoms. The van der Waals surface area contributed by atoms with E-state index in [9.17, 15) is 0 Å². The molecule has 0 aromatic heterocycles. The molecule has 0 aromatic carbocycles. The molecule has 0 bridgehead atoms. The predicted octanol–water partition coefficient (Wildman–Crippen LogP) is 1.84. The third kappa shape index (κ3) is 2.46. The molecular formula is C9H18O2. The van der Waals surface area contributed by atoms with E-state index in [1.807, 2.05) is 0 Å². The van der Waals surface area contributed by atoms with Crippen LogP contribution in [0, 0.1) is 5.41 Å². The number of hydrogen-bond donors (Lipinski definition) is 0. The molecule has 66 valence electrons. The Morgan fingerprint density at radius 2 is 1.82 bits per heavy atom. The highest BCUT2D eigenvalue weighted by Crippen LogP contribution is 2.25. The zero-order valence-electron chi connectivity index (χ0n) is 7.89. The van der Waals surface area contributed by atoms with Crippen molar-refractivity contribution >= 4 is 0 Å². The highest BCUT2D eigenvalue weighted by Gasteiger charge is 2.30. The van der Waals surface area contributed by atoms with Gasteiger partial charge in [-0.15, -0.1) is 0 Å². The Bertz CT molecular complexity index is 126. The third-order valence-electron chi connectivity index (χ3n) is 1.98. The molecule has 0 amide bonds. The highest BCUT2D eigenvalue weighted by atomic mass is 16.6. The van der Waals surface area contributed by atoms with Crippen molar-refractivity contribution in [3.63, 3.8) is 0 Å². The lowest BCUT2D eigenvalue weighted by atomic mass is 9.89. The summed E-state index contributed by atoms with van der Waals surface area (Å²) in [4.78, 5) is 0. The molecule has 2 heteroatoms. The van der Waals surface area contributed by atoms with Gasteiger partial charge in [0.2, 0.25) is 0 Å². The van der Waals surface area contributed by atoms with Gasteiger partial charge in [-0.25, -0.2) is 0 Å². The van der Waals surface area contributed by atoms with E-state index >= 15 is 0 Å². The average Bonchev–Trinajstić information content (AvgIpc) is 1.86. The van der Waals surface area contributed by atoms with Crippen molar-refractivity contribution in [1.29, 1.82) is 0 Å². The Kier molecular flexibility index (Phi) is 2.55. The van der Waals surface area contributed by atoms with Gasteiger partial charge in [0, 0.05) is 0 Å². The van der Waals surface area contributed by atoms with Crippen LogP contribution in [-0.4, -0.2) is 25.4 Å². The minimum atomic E-state index is 0.203. The standard InChI is InChI=1S/C9H18O2/c1-7-5-10-6-8(11-7)9(2,3)4/h7-8H,5-6H2,1-4H3. The summed E-state index contributed by atoms with van der Waals surface area (Å²) >= 11 is 0. The minimum absolute atomic E-state index is 0.203. The summed E-state index contributed by atoms with van der Waals surface area (Å²) < 4.78 is 11.1. The Labute approximate surface area is 68.9 Å². The summed E-state index contributed by atoms with van der Waals surface area (Å²) in [5, 5.41) is 0. The first kappa shape index (κ1) is 9.01. The largest absolute Gasteiger partial charge is 0.376 e. The predicted molar refractivity (Wildman–Crippen MR) is 44.6 cm³/mol. The zero-order valence-corrected chi connectivity index (χ0v) is 7.89. The van der Waals surface area contributed by atoms with Crippen LogP contribution in [0.15, 0.2) is 0 Å². The molecule has 1 aliphatic heterocycles. The van der Waals surface area contributed by atoms with Crippen LogP contribution >= 0.6 is 0 Å². The summed E-state index contributed by atoms with van der Waals surface area (Å²) in [6, 6.07) is 0. The summed E-state index contributed by atoms with van der Waals surface area (Å²) in [5.74, 6) is 0. The normalized spacial score (nSPS) is 33.8. The smallest absolute Gasteiger partial charge is 0.0861 e. The van der Waals surface area contributed by atoms with Crippen LogP contribution in [0.1, 0.15) is 27.7 Å². The van der Waals surface area contributed by atoms with Gasteiger partial charge in [0.1, 0.15) is 0 Å². The van der Waals surface area contributed by atoms with E-state index in [1.54, 1.807) is 0 Å². The highest BCUT2D eigenvalue weighted by molar-refractivity contribution is 4.77. The summed E-state index contributed by atoms with van der Waals surface area (Å²) in [5.41, 5.74) is 0.203. The molecule has 2 nitrogen and oxygen atoms in total. The molecule has 11 heavy (non-hydrogen) atoms. The summed E-state index contributed by atoms with van der Waals surface area (Å²) in [6.45, 7) is 10.1.